The number of anilines is 1. The summed E-state index contributed by atoms with van der Waals surface area (Å²) in [7, 11) is 0. The number of benzene rings is 1. The van der Waals surface area contributed by atoms with Crippen molar-refractivity contribution in [2.75, 3.05) is 5.32 Å². The van der Waals surface area contributed by atoms with E-state index in [1.807, 2.05) is 24.3 Å². The lowest BCUT2D eigenvalue weighted by Gasteiger charge is -2.43. The minimum atomic E-state index is -2.81. The molecule has 0 unspecified atom stereocenters. The minimum Gasteiger partial charge on any atom is -0.415 e. The van der Waals surface area contributed by atoms with E-state index in [2.05, 4.69) is 25.5 Å². The molecular weight excluding hydrogens is 364 g/mol. The molecule has 134 valence electrons. The van der Waals surface area contributed by atoms with Gasteiger partial charge in [-0.3, -0.25) is 0 Å². The lowest BCUT2D eigenvalue weighted by atomic mass is 9.72. The Morgan fingerprint density at radius 2 is 1.85 bits per heavy atom. The maximum atomic E-state index is 12.5. The molecule has 2 heterocycles. The van der Waals surface area contributed by atoms with Gasteiger partial charge in [-0.2, -0.15) is 8.78 Å². The number of aromatic nitrogens is 4. The Kier molecular flexibility index (Phi) is 4.28. The standard InChI is InChI=1S/C17H14ClF2N5O/c18-12-5-2-1-4-11(12)17(6-3-7-17)23-16-21-8-10(9-22-16)14-24-25-15(26-14)13(19)20/h1-2,4-5,8-9,13H,3,6-7H2,(H,21,22,23). The quantitative estimate of drug-likeness (QED) is 0.699. The van der Waals surface area contributed by atoms with Crippen LogP contribution in [0.15, 0.2) is 41.1 Å². The van der Waals surface area contributed by atoms with Crippen LogP contribution in [-0.2, 0) is 5.54 Å². The molecule has 0 amide bonds. The zero-order valence-corrected chi connectivity index (χ0v) is 14.2. The highest BCUT2D eigenvalue weighted by molar-refractivity contribution is 6.31. The lowest BCUT2D eigenvalue weighted by Crippen LogP contribution is -2.42. The number of nitrogens with zero attached hydrogens (tertiary/aromatic N) is 4. The largest absolute Gasteiger partial charge is 0.415 e. The van der Waals surface area contributed by atoms with Gasteiger partial charge >= 0.3 is 6.43 Å². The molecule has 1 N–H and O–H groups in total. The van der Waals surface area contributed by atoms with Crippen LogP contribution in [0.25, 0.3) is 11.5 Å². The van der Waals surface area contributed by atoms with Gasteiger partial charge in [-0.1, -0.05) is 29.8 Å². The van der Waals surface area contributed by atoms with Crippen LogP contribution in [0.2, 0.25) is 5.02 Å². The van der Waals surface area contributed by atoms with Gasteiger partial charge in [0.25, 0.3) is 11.8 Å². The first-order valence-electron chi connectivity index (χ1n) is 8.04. The zero-order chi connectivity index (χ0) is 18.1. The number of alkyl halides is 2. The molecule has 1 fully saturated rings. The van der Waals surface area contributed by atoms with E-state index in [1.54, 1.807) is 0 Å². The molecule has 1 aromatic carbocycles. The van der Waals surface area contributed by atoms with Crippen LogP contribution in [0.1, 0.15) is 37.1 Å². The predicted octanol–water partition coefficient (Wildman–Crippen LogP) is 4.61. The van der Waals surface area contributed by atoms with Crippen molar-refractivity contribution in [3.8, 4) is 11.5 Å². The third-order valence-electron chi connectivity index (χ3n) is 4.47. The van der Waals surface area contributed by atoms with Gasteiger partial charge in [0, 0.05) is 17.4 Å². The molecule has 6 nitrogen and oxygen atoms in total. The topological polar surface area (TPSA) is 76.7 Å². The summed E-state index contributed by atoms with van der Waals surface area (Å²) in [5, 5.41) is 10.9. The van der Waals surface area contributed by atoms with Crippen molar-refractivity contribution in [3.05, 3.63) is 53.1 Å². The fourth-order valence-electron chi connectivity index (χ4n) is 3.00. The first kappa shape index (κ1) is 16.8. The SMILES string of the molecule is FC(F)c1nnc(-c2cnc(NC3(c4ccccc4Cl)CCC3)nc2)o1. The summed E-state index contributed by atoms with van der Waals surface area (Å²) < 4.78 is 30.0. The van der Waals surface area contributed by atoms with Crippen LogP contribution >= 0.6 is 11.6 Å². The molecule has 0 aliphatic heterocycles. The predicted molar refractivity (Wildman–Crippen MR) is 90.9 cm³/mol. The van der Waals surface area contributed by atoms with Gasteiger partial charge in [0.05, 0.1) is 11.1 Å². The second-order valence-corrected chi connectivity index (χ2v) is 6.49. The molecular formula is C17H14ClF2N5O. The van der Waals surface area contributed by atoms with Crippen LogP contribution in [0.5, 0.6) is 0 Å². The summed E-state index contributed by atoms with van der Waals surface area (Å²) in [5.41, 5.74) is 1.09. The monoisotopic (exact) mass is 377 g/mol. The Morgan fingerprint density at radius 1 is 1.12 bits per heavy atom. The summed E-state index contributed by atoms with van der Waals surface area (Å²) in [6.45, 7) is 0. The smallest absolute Gasteiger partial charge is 0.314 e. The molecule has 0 spiro atoms. The van der Waals surface area contributed by atoms with E-state index in [9.17, 15) is 8.78 Å². The van der Waals surface area contributed by atoms with Crippen molar-refractivity contribution in [1.82, 2.24) is 20.2 Å². The Hall–Kier alpha value is -2.61. The van der Waals surface area contributed by atoms with Gasteiger partial charge in [-0.25, -0.2) is 9.97 Å². The minimum absolute atomic E-state index is 0.0451. The summed E-state index contributed by atoms with van der Waals surface area (Å²) in [5.74, 6) is -0.354. The maximum Gasteiger partial charge on any atom is 0.314 e. The third-order valence-corrected chi connectivity index (χ3v) is 4.80. The molecule has 1 aliphatic carbocycles. The maximum absolute atomic E-state index is 12.5. The summed E-state index contributed by atoms with van der Waals surface area (Å²) >= 11 is 6.35. The number of rotatable bonds is 5. The van der Waals surface area contributed by atoms with Crippen molar-refractivity contribution in [2.24, 2.45) is 0 Å². The molecule has 26 heavy (non-hydrogen) atoms. The summed E-state index contributed by atoms with van der Waals surface area (Å²) in [6, 6.07) is 7.69. The van der Waals surface area contributed by atoms with Crippen LogP contribution < -0.4 is 5.32 Å². The molecule has 3 aromatic rings. The molecule has 9 heteroatoms. The molecule has 0 radical (unpaired) electrons. The van der Waals surface area contributed by atoms with Gasteiger partial charge in [0.1, 0.15) is 0 Å². The van der Waals surface area contributed by atoms with E-state index >= 15 is 0 Å². The Morgan fingerprint density at radius 3 is 2.42 bits per heavy atom. The lowest BCUT2D eigenvalue weighted by molar-refractivity contribution is 0.116. The Balaban J connectivity index is 1.56. The number of nitrogens with one attached hydrogen (secondary N) is 1. The van der Waals surface area contributed by atoms with Gasteiger partial charge < -0.3 is 9.73 Å². The molecule has 1 saturated carbocycles. The first-order chi connectivity index (χ1) is 12.6. The highest BCUT2D eigenvalue weighted by Gasteiger charge is 2.40. The number of hydrogen-bond acceptors (Lipinski definition) is 6. The zero-order valence-electron chi connectivity index (χ0n) is 13.5. The van der Waals surface area contributed by atoms with Gasteiger partial charge in [-0.15, -0.1) is 10.2 Å². The van der Waals surface area contributed by atoms with E-state index < -0.39 is 12.3 Å². The van der Waals surface area contributed by atoms with Crippen molar-refractivity contribution in [2.45, 2.75) is 31.2 Å². The number of hydrogen-bond donors (Lipinski definition) is 1. The van der Waals surface area contributed by atoms with Gasteiger partial charge in [0.2, 0.25) is 5.95 Å². The second-order valence-electron chi connectivity index (χ2n) is 6.08. The van der Waals surface area contributed by atoms with Crippen molar-refractivity contribution >= 4 is 17.5 Å². The molecule has 4 rings (SSSR count). The summed E-state index contributed by atoms with van der Waals surface area (Å²) in [6.07, 6.45) is 3.02. The van der Waals surface area contributed by atoms with Crippen molar-refractivity contribution < 1.29 is 13.2 Å². The Bertz CT molecular complexity index is 912. The molecule has 2 aromatic heterocycles. The normalized spacial score (nSPS) is 15.7. The highest BCUT2D eigenvalue weighted by Crippen LogP contribution is 2.45. The number of halogens is 3. The van der Waals surface area contributed by atoms with E-state index in [1.165, 1.54) is 12.4 Å². The molecule has 0 atom stereocenters. The second kappa shape index (κ2) is 6.60. The van der Waals surface area contributed by atoms with Gasteiger partial charge in [0.15, 0.2) is 0 Å². The molecule has 1 aliphatic rings. The average molecular weight is 378 g/mol. The van der Waals surface area contributed by atoms with Gasteiger partial charge in [-0.05, 0) is 30.9 Å². The van der Waals surface area contributed by atoms with Crippen LogP contribution in [0.3, 0.4) is 0 Å². The van der Waals surface area contributed by atoms with Crippen LogP contribution in [0.4, 0.5) is 14.7 Å². The highest BCUT2D eigenvalue weighted by atomic mass is 35.5. The van der Waals surface area contributed by atoms with E-state index in [4.69, 9.17) is 16.0 Å². The average Bonchev–Trinajstić information content (AvgIpc) is 3.10. The molecule has 0 saturated heterocycles. The van der Waals surface area contributed by atoms with E-state index in [-0.39, 0.29) is 11.4 Å². The Labute approximate surface area is 152 Å². The third kappa shape index (κ3) is 3.01. The fraction of sp³-hybridized carbons (Fsp3) is 0.294. The van der Waals surface area contributed by atoms with Crippen molar-refractivity contribution in [1.29, 1.82) is 0 Å². The van der Waals surface area contributed by atoms with Crippen LogP contribution in [-0.4, -0.2) is 20.2 Å². The summed E-state index contributed by atoms with van der Waals surface area (Å²) in [4.78, 5) is 8.50. The van der Waals surface area contributed by atoms with Crippen molar-refractivity contribution in [3.63, 3.8) is 0 Å². The van der Waals surface area contributed by atoms with Crippen LogP contribution in [0, 0.1) is 0 Å². The van der Waals surface area contributed by atoms with E-state index in [0.29, 0.717) is 16.5 Å². The first-order valence-corrected chi connectivity index (χ1v) is 8.42. The molecule has 0 bridgehead atoms. The van der Waals surface area contributed by atoms with E-state index in [0.717, 1.165) is 24.8 Å². The fourth-order valence-corrected chi connectivity index (χ4v) is 3.31.